The van der Waals surface area contributed by atoms with Crippen LogP contribution in [0.3, 0.4) is 0 Å². The summed E-state index contributed by atoms with van der Waals surface area (Å²) in [6.45, 7) is 2.27. The van der Waals surface area contributed by atoms with Crippen molar-refractivity contribution in [3.63, 3.8) is 0 Å². The second-order valence-electron chi connectivity index (χ2n) is 5.46. The molecule has 19 heavy (non-hydrogen) atoms. The van der Waals surface area contributed by atoms with Crippen molar-refractivity contribution in [2.75, 3.05) is 7.11 Å². The molecule has 1 heteroatoms. The molecule has 0 saturated carbocycles. The van der Waals surface area contributed by atoms with Gasteiger partial charge in [-0.1, -0.05) is 82.2 Å². The SMILES string of the molecule is CCCCCCCCCC(Cc1ccccc1)OC. The summed E-state index contributed by atoms with van der Waals surface area (Å²) in [5, 5.41) is 0. The lowest BCUT2D eigenvalue weighted by Crippen LogP contribution is -2.13. The predicted molar refractivity (Wildman–Crippen MR) is 83.6 cm³/mol. The highest BCUT2D eigenvalue weighted by atomic mass is 16.5. The molecule has 0 N–H and O–H groups in total. The van der Waals surface area contributed by atoms with Crippen LogP contribution < -0.4 is 0 Å². The van der Waals surface area contributed by atoms with Crippen molar-refractivity contribution < 1.29 is 4.74 Å². The Morgan fingerprint density at radius 3 is 2.16 bits per heavy atom. The average Bonchev–Trinajstić information content (AvgIpc) is 2.46. The van der Waals surface area contributed by atoms with Gasteiger partial charge in [-0.25, -0.2) is 0 Å². The van der Waals surface area contributed by atoms with Gasteiger partial charge in [0, 0.05) is 7.11 Å². The Kier molecular flexibility index (Phi) is 9.44. The highest BCUT2D eigenvalue weighted by Gasteiger charge is 2.07. The van der Waals surface area contributed by atoms with Gasteiger partial charge in [0.2, 0.25) is 0 Å². The number of benzene rings is 1. The summed E-state index contributed by atoms with van der Waals surface area (Å²) in [5.74, 6) is 0. The van der Waals surface area contributed by atoms with E-state index in [0.717, 1.165) is 6.42 Å². The highest BCUT2D eigenvalue weighted by Crippen LogP contribution is 2.14. The number of unbranched alkanes of at least 4 members (excludes halogenated alkanes) is 6. The molecule has 0 heterocycles. The zero-order valence-corrected chi connectivity index (χ0v) is 12.7. The van der Waals surface area contributed by atoms with Gasteiger partial charge in [-0.05, 0) is 18.4 Å². The molecule has 1 nitrogen and oxygen atoms in total. The Balaban J connectivity index is 2.09. The molecule has 0 aliphatic carbocycles. The molecule has 1 unspecified atom stereocenters. The number of methoxy groups -OCH3 is 1. The van der Waals surface area contributed by atoms with E-state index in [0.29, 0.717) is 6.10 Å². The molecule has 0 bridgehead atoms. The Morgan fingerprint density at radius 1 is 0.895 bits per heavy atom. The fourth-order valence-electron chi connectivity index (χ4n) is 2.51. The van der Waals surface area contributed by atoms with E-state index >= 15 is 0 Å². The summed E-state index contributed by atoms with van der Waals surface area (Å²) in [4.78, 5) is 0. The Labute approximate surface area is 119 Å². The van der Waals surface area contributed by atoms with Gasteiger partial charge in [-0.15, -0.1) is 0 Å². The summed E-state index contributed by atoms with van der Waals surface area (Å²) in [6.07, 6.45) is 12.2. The zero-order valence-electron chi connectivity index (χ0n) is 12.7. The minimum Gasteiger partial charge on any atom is -0.381 e. The van der Waals surface area contributed by atoms with Crippen molar-refractivity contribution in [1.29, 1.82) is 0 Å². The van der Waals surface area contributed by atoms with Gasteiger partial charge in [0.15, 0.2) is 0 Å². The second kappa shape index (κ2) is 11.0. The fourth-order valence-corrected chi connectivity index (χ4v) is 2.51. The first-order valence-electron chi connectivity index (χ1n) is 7.93. The van der Waals surface area contributed by atoms with Gasteiger partial charge in [0.1, 0.15) is 0 Å². The van der Waals surface area contributed by atoms with Crippen LogP contribution in [0.2, 0.25) is 0 Å². The molecule has 0 aromatic heterocycles. The molecule has 1 aromatic carbocycles. The molecule has 0 amide bonds. The Morgan fingerprint density at radius 2 is 1.53 bits per heavy atom. The van der Waals surface area contributed by atoms with E-state index in [1.807, 2.05) is 7.11 Å². The number of rotatable bonds is 11. The van der Waals surface area contributed by atoms with E-state index in [1.54, 1.807) is 0 Å². The van der Waals surface area contributed by atoms with Crippen LogP contribution in [0, 0.1) is 0 Å². The van der Waals surface area contributed by atoms with Gasteiger partial charge in [-0.3, -0.25) is 0 Å². The monoisotopic (exact) mass is 262 g/mol. The van der Waals surface area contributed by atoms with Crippen molar-refractivity contribution in [1.82, 2.24) is 0 Å². The molecule has 0 spiro atoms. The molecule has 0 aliphatic heterocycles. The normalized spacial score (nSPS) is 12.5. The molecular weight excluding hydrogens is 232 g/mol. The minimum absolute atomic E-state index is 0.387. The van der Waals surface area contributed by atoms with Gasteiger partial charge in [-0.2, -0.15) is 0 Å². The topological polar surface area (TPSA) is 9.23 Å². The lowest BCUT2D eigenvalue weighted by Gasteiger charge is -2.15. The predicted octanol–water partition coefficient (Wildman–Crippen LogP) is 5.38. The lowest BCUT2D eigenvalue weighted by atomic mass is 10.0. The van der Waals surface area contributed by atoms with E-state index in [9.17, 15) is 0 Å². The first-order chi connectivity index (χ1) is 9.36. The highest BCUT2D eigenvalue weighted by molar-refractivity contribution is 5.15. The summed E-state index contributed by atoms with van der Waals surface area (Å²) in [5.41, 5.74) is 1.39. The van der Waals surface area contributed by atoms with Crippen LogP contribution in [0.4, 0.5) is 0 Å². The molecular formula is C18H30O. The second-order valence-corrected chi connectivity index (χ2v) is 5.46. The zero-order chi connectivity index (χ0) is 13.8. The maximum absolute atomic E-state index is 5.60. The van der Waals surface area contributed by atoms with Gasteiger partial charge in [0.25, 0.3) is 0 Å². The summed E-state index contributed by atoms with van der Waals surface area (Å²) in [6, 6.07) is 10.7. The molecule has 0 aliphatic rings. The molecule has 0 saturated heterocycles. The van der Waals surface area contributed by atoms with Crippen LogP contribution in [0.25, 0.3) is 0 Å². The largest absolute Gasteiger partial charge is 0.381 e. The molecule has 108 valence electrons. The van der Waals surface area contributed by atoms with Crippen LogP contribution in [0.5, 0.6) is 0 Å². The molecule has 1 rings (SSSR count). The summed E-state index contributed by atoms with van der Waals surface area (Å²) in [7, 11) is 1.84. The Hall–Kier alpha value is -0.820. The van der Waals surface area contributed by atoms with Gasteiger partial charge < -0.3 is 4.74 Å². The van der Waals surface area contributed by atoms with E-state index < -0.39 is 0 Å². The third-order valence-electron chi connectivity index (χ3n) is 3.77. The maximum atomic E-state index is 5.60. The summed E-state index contributed by atoms with van der Waals surface area (Å²) >= 11 is 0. The van der Waals surface area contributed by atoms with Crippen LogP contribution in [0.15, 0.2) is 30.3 Å². The average molecular weight is 262 g/mol. The van der Waals surface area contributed by atoms with Crippen LogP contribution in [0.1, 0.15) is 63.9 Å². The smallest absolute Gasteiger partial charge is 0.0611 e. The third-order valence-corrected chi connectivity index (χ3v) is 3.77. The molecule has 0 radical (unpaired) electrons. The first-order valence-corrected chi connectivity index (χ1v) is 7.93. The first kappa shape index (κ1) is 16.2. The van der Waals surface area contributed by atoms with Gasteiger partial charge >= 0.3 is 0 Å². The lowest BCUT2D eigenvalue weighted by molar-refractivity contribution is 0.0930. The minimum atomic E-state index is 0.387. The molecule has 0 fully saturated rings. The fraction of sp³-hybridized carbons (Fsp3) is 0.667. The molecule has 1 aromatic rings. The van der Waals surface area contributed by atoms with E-state index in [1.165, 1.54) is 56.9 Å². The van der Waals surface area contributed by atoms with Crippen molar-refractivity contribution in [3.05, 3.63) is 35.9 Å². The quantitative estimate of drug-likeness (QED) is 0.486. The van der Waals surface area contributed by atoms with Crippen molar-refractivity contribution in [2.45, 2.75) is 70.8 Å². The van der Waals surface area contributed by atoms with Crippen LogP contribution >= 0.6 is 0 Å². The van der Waals surface area contributed by atoms with Crippen molar-refractivity contribution in [3.8, 4) is 0 Å². The van der Waals surface area contributed by atoms with E-state index in [2.05, 4.69) is 37.3 Å². The van der Waals surface area contributed by atoms with E-state index in [4.69, 9.17) is 4.74 Å². The van der Waals surface area contributed by atoms with Crippen LogP contribution in [-0.4, -0.2) is 13.2 Å². The summed E-state index contributed by atoms with van der Waals surface area (Å²) < 4.78 is 5.60. The van der Waals surface area contributed by atoms with Crippen LogP contribution in [-0.2, 0) is 11.2 Å². The van der Waals surface area contributed by atoms with Crippen molar-refractivity contribution in [2.24, 2.45) is 0 Å². The Bertz CT molecular complexity index is 294. The number of hydrogen-bond acceptors (Lipinski definition) is 1. The number of hydrogen-bond donors (Lipinski definition) is 0. The maximum Gasteiger partial charge on any atom is 0.0611 e. The van der Waals surface area contributed by atoms with Gasteiger partial charge in [0.05, 0.1) is 6.10 Å². The standard InChI is InChI=1S/C18H30O/c1-3-4-5-6-7-8-12-15-18(19-2)16-17-13-10-9-11-14-17/h9-11,13-14,18H,3-8,12,15-16H2,1-2H3. The van der Waals surface area contributed by atoms with Crippen molar-refractivity contribution >= 4 is 0 Å². The number of ether oxygens (including phenoxy) is 1. The third kappa shape index (κ3) is 8.05. The van der Waals surface area contributed by atoms with E-state index in [-0.39, 0.29) is 0 Å². The molecule has 1 atom stereocenters.